The molecule has 0 spiro atoms. The Morgan fingerprint density at radius 3 is 2.79 bits per heavy atom. The zero-order chi connectivity index (χ0) is 9.80. The minimum Gasteiger partial charge on any atom is -0.457 e. The second kappa shape index (κ2) is 4.24. The van der Waals surface area contributed by atoms with Gasteiger partial charge >= 0.3 is 0 Å². The molecule has 74 valence electrons. The van der Waals surface area contributed by atoms with Crippen LogP contribution in [0.2, 0.25) is 0 Å². The molecule has 1 fully saturated rings. The van der Waals surface area contributed by atoms with E-state index in [1.165, 1.54) is 0 Å². The first kappa shape index (κ1) is 9.21. The van der Waals surface area contributed by atoms with Crippen LogP contribution >= 0.6 is 0 Å². The van der Waals surface area contributed by atoms with Crippen molar-refractivity contribution in [1.82, 2.24) is 0 Å². The van der Waals surface area contributed by atoms with Crippen molar-refractivity contribution in [2.45, 2.75) is 19.1 Å². The van der Waals surface area contributed by atoms with Crippen molar-refractivity contribution in [2.75, 3.05) is 6.61 Å². The molecule has 1 aromatic carbocycles. The third kappa shape index (κ3) is 2.12. The molecule has 1 heterocycles. The summed E-state index contributed by atoms with van der Waals surface area (Å²) < 4.78 is 10.6. The molecular weight excluding hydrogens is 180 g/mol. The summed E-state index contributed by atoms with van der Waals surface area (Å²) in [6, 6.07) is 9.25. The second-order valence-corrected chi connectivity index (χ2v) is 3.20. The van der Waals surface area contributed by atoms with Gasteiger partial charge in [0.05, 0.1) is 6.61 Å². The van der Waals surface area contributed by atoms with Crippen LogP contribution in [0.1, 0.15) is 12.8 Å². The quantitative estimate of drug-likeness (QED) is 0.716. The summed E-state index contributed by atoms with van der Waals surface area (Å²) in [7, 11) is 0. The lowest BCUT2D eigenvalue weighted by Crippen LogP contribution is -2.34. The van der Waals surface area contributed by atoms with Gasteiger partial charge in [0.1, 0.15) is 5.75 Å². The molecule has 0 N–H and O–H groups in total. The number of para-hydroxylation sites is 1. The Balaban J connectivity index is 2.00. The number of carbonyl (C=O) groups is 1. The van der Waals surface area contributed by atoms with E-state index in [1.54, 1.807) is 0 Å². The Bertz CT molecular complexity index is 308. The van der Waals surface area contributed by atoms with Gasteiger partial charge in [0.25, 0.3) is 6.29 Å². The summed E-state index contributed by atoms with van der Waals surface area (Å²) in [4.78, 5) is 11.3. The molecular formula is C11H12O3. The number of rotatable bonds is 2. The normalized spacial score (nSPS) is 22.0. The molecule has 0 aromatic heterocycles. The molecule has 1 saturated heterocycles. The monoisotopic (exact) mass is 192 g/mol. The molecule has 1 unspecified atom stereocenters. The minimum absolute atomic E-state index is 0.0279. The Labute approximate surface area is 82.6 Å². The standard InChI is InChI=1S/C11H12O3/c12-10-7-4-8-13-11(10)14-9-5-2-1-3-6-9/h1-3,5-6,11H,4,7-8H2. The predicted octanol–water partition coefficient (Wildman–Crippen LogP) is 1.77. The van der Waals surface area contributed by atoms with Crippen molar-refractivity contribution in [3.05, 3.63) is 30.3 Å². The van der Waals surface area contributed by atoms with E-state index in [9.17, 15) is 4.79 Å². The van der Waals surface area contributed by atoms with Crippen molar-refractivity contribution >= 4 is 5.78 Å². The van der Waals surface area contributed by atoms with Gasteiger partial charge in [-0.2, -0.15) is 0 Å². The fraction of sp³-hybridized carbons (Fsp3) is 0.364. The van der Waals surface area contributed by atoms with Crippen LogP contribution in [0.5, 0.6) is 5.75 Å². The van der Waals surface area contributed by atoms with Gasteiger partial charge in [-0.05, 0) is 18.6 Å². The van der Waals surface area contributed by atoms with Crippen LogP contribution in [0, 0.1) is 0 Å². The number of hydrogen-bond acceptors (Lipinski definition) is 3. The molecule has 14 heavy (non-hydrogen) atoms. The Morgan fingerprint density at radius 1 is 1.29 bits per heavy atom. The van der Waals surface area contributed by atoms with Gasteiger partial charge in [0.2, 0.25) is 5.78 Å². The number of benzene rings is 1. The summed E-state index contributed by atoms with van der Waals surface area (Å²) >= 11 is 0. The van der Waals surface area contributed by atoms with E-state index in [4.69, 9.17) is 9.47 Å². The average Bonchev–Trinajstić information content (AvgIpc) is 2.23. The van der Waals surface area contributed by atoms with Gasteiger partial charge in [-0.15, -0.1) is 0 Å². The Morgan fingerprint density at radius 2 is 2.07 bits per heavy atom. The number of ketones is 1. The van der Waals surface area contributed by atoms with E-state index in [-0.39, 0.29) is 5.78 Å². The second-order valence-electron chi connectivity index (χ2n) is 3.20. The van der Waals surface area contributed by atoms with Gasteiger partial charge < -0.3 is 9.47 Å². The van der Waals surface area contributed by atoms with Crippen LogP contribution in [0.15, 0.2) is 30.3 Å². The summed E-state index contributed by atoms with van der Waals surface area (Å²) in [6.45, 7) is 0.600. The molecule has 3 nitrogen and oxygen atoms in total. The molecule has 1 aliphatic heterocycles. The first-order valence-corrected chi connectivity index (χ1v) is 4.72. The van der Waals surface area contributed by atoms with Crippen LogP contribution < -0.4 is 4.74 Å². The lowest BCUT2D eigenvalue weighted by molar-refractivity contribution is -0.158. The molecule has 1 aliphatic rings. The molecule has 3 heteroatoms. The molecule has 0 aliphatic carbocycles. The summed E-state index contributed by atoms with van der Waals surface area (Å²) in [6.07, 6.45) is 0.650. The fourth-order valence-corrected chi connectivity index (χ4v) is 1.37. The van der Waals surface area contributed by atoms with Gasteiger partial charge in [0.15, 0.2) is 0 Å². The molecule has 2 rings (SSSR count). The molecule has 0 radical (unpaired) electrons. The first-order chi connectivity index (χ1) is 6.86. The molecule has 0 bridgehead atoms. The zero-order valence-corrected chi connectivity index (χ0v) is 7.81. The lowest BCUT2D eigenvalue weighted by Gasteiger charge is -2.21. The van der Waals surface area contributed by atoms with Crippen molar-refractivity contribution < 1.29 is 14.3 Å². The van der Waals surface area contributed by atoms with Gasteiger partial charge in [-0.3, -0.25) is 4.79 Å². The van der Waals surface area contributed by atoms with Crippen LogP contribution in [0.3, 0.4) is 0 Å². The van der Waals surface area contributed by atoms with E-state index in [0.717, 1.165) is 6.42 Å². The highest BCUT2D eigenvalue weighted by molar-refractivity contribution is 5.82. The maximum Gasteiger partial charge on any atom is 0.259 e. The van der Waals surface area contributed by atoms with E-state index < -0.39 is 6.29 Å². The lowest BCUT2D eigenvalue weighted by atomic mass is 10.2. The number of Topliss-reactive ketones (excluding diaryl/α,β-unsaturated/α-hetero) is 1. The molecule has 0 amide bonds. The van der Waals surface area contributed by atoms with E-state index in [0.29, 0.717) is 18.8 Å². The fourth-order valence-electron chi connectivity index (χ4n) is 1.37. The van der Waals surface area contributed by atoms with Crippen LogP contribution in [-0.2, 0) is 9.53 Å². The van der Waals surface area contributed by atoms with Crippen molar-refractivity contribution in [3.8, 4) is 5.75 Å². The Hall–Kier alpha value is -1.35. The summed E-state index contributed by atoms with van der Waals surface area (Å²) in [5.74, 6) is 0.702. The third-order valence-corrected chi connectivity index (χ3v) is 2.09. The van der Waals surface area contributed by atoms with Crippen molar-refractivity contribution in [1.29, 1.82) is 0 Å². The number of hydrogen-bond donors (Lipinski definition) is 0. The Kier molecular flexibility index (Phi) is 2.79. The SMILES string of the molecule is O=C1CCCOC1Oc1ccccc1. The number of ether oxygens (including phenoxy) is 2. The first-order valence-electron chi connectivity index (χ1n) is 4.72. The highest BCUT2D eigenvalue weighted by Crippen LogP contribution is 2.16. The van der Waals surface area contributed by atoms with Crippen LogP contribution in [-0.4, -0.2) is 18.7 Å². The molecule has 1 aromatic rings. The van der Waals surface area contributed by atoms with E-state index in [2.05, 4.69) is 0 Å². The van der Waals surface area contributed by atoms with Crippen LogP contribution in [0.4, 0.5) is 0 Å². The van der Waals surface area contributed by atoms with Crippen molar-refractivity contribution in [3.63, 3.8) is 0 Å². The highest BCUT2D eigenvalue weighted by atomic mass is 16.7. The molecule has 0 saturated carbocycles. The predicted molar refractivity (Wildman–Crippen MR) is 51.1 cm³/mol. The number of carbonyl (C=O) groups excluding carboxylic acids is 1. The largest absolute Gasteiger partial charge is 0.457 e. The van der Waals surface area contributed by atoms with Gasteiger partial charge in [-0.25, -0.2) is 0 Å². The topological polar surface area (TPSA) is 35.5 Å². The van der Waals surface area contributed by atoms with E-state index in [1.807, 2.05) is 30.3 Å². The highest BCUT2D eigenvalue weighted by Gasteiger charge is 2.24. The average molecular weight is 192 g/mol. The van der Waals surface area contributed by atoms with Gasteiger partial charge in [0, 0.05) is 6.42 Å². The zero-order valence-electron chi connectivity index (χ0n) is 7.81. The third-order valence-electron chi connectivity index (χ3n) is 2.09. The maximum absolute atomic E-state index is 11.3. The summed E-state index contributed by atoms with van der Waals surface area (Å²) in [5, 5.41) is 0. The maximum atomic E-state index is 11.3. The summed E-state index contributed by atoms with van der Waals surface area (Å²) in [5.41, 5.74) is 0. The van der Waals surface area contributed by atoms with Gasteiger partial charge in [-0.1, -0.05) is 18.2 Å². The van der Waals surface area contributed by atoms with E-state index >= 15 is 0 Å². The van der Waals surface area contributed by atoms with Crippen LogP contribution in [0.25, 0.3) is 0 Å². The van der Waals surface area contributed by atoms with Crippen molar-refractivity contribution in [2.24, 2.45) is 0 Å². The smallest absolute Gasteiger partial charge is 0.259 e. The minimum atomic E-state index is -0.703. The molecule has 1 atom stereocenters.